The van der Waals surface area contributed by atoms with Crippen LogP contribution < -0.4 is 9.62 Å². The Kier molecular flexibility index (Phi) is 11.3. The Labute approximate surface area is 255 Å². The fourth-order valence-electron chi connectivity index (χ4n) is 4.38. The molecule has 0 aromatic heterocycles. The van der Waals surface area contributed by atoms with Crippen LogP contribution in [0.5, 0.6) is 0 Å². The molecule has 1 atom stereocenters. The molecule has 0 saturated carbocycles. The Bertz CT molecular complexity index is 1550. The van der Waals surface area contributed by atoms with Crippen LogP contribution in [-0.2, 0) is 32.3 Å². The van der Waals surface area contributed by atoms with Crippen LogP contribution in [0.1, 0.15) is 48.9 Å². The second-order valence-electron chi connectivity index (χ2n) is 10.3. The molecule has 43 heavy (non-hydrogen) atoms. The predicted molar refractivity (Wildman–Crippen MR) is 161 cm³/mol. The van der Waals surface area contributed by atoms with Gasteiger partial charge in [0.2, 0.25) is 11.8 Å². The summed E-state index contributed by atoms with van der Waals surface area (Å²) < 4.78 is 69.7. The fraction of sp³-hybridized carbons (Fsp3) is 0.355. The molecule has 0 bridgehead atoms. The van der Waals surface area contributed by atoms with Crippen molar-refractivity contribution in [3.8, 4) is 0 Å². The summed E-state index contributed by atoms with van der Waals surface area (Å²) in [6, 6.07) is 14.6. The highest BCUT2D eigenvalue weighted by Crippen LogP contribution is 2.38. The first-order valence-electron chi connectivity index (χ1n) is 13.7. The number of alkyl halides is 3. The van der Waals surface area contributed by atoms with Gasteiger partial charge in [0.1, 0.15) is 12.6 Å². The lowest BCUT2D eigenvalue weighted by Crippen LogP contribution is -2.51. The minimum absolute atomic E-state index is 0.0320. The van der Waals surface area contributed by atoms with Gasteiger partial charge in [0, 0.05) is 13.1 Å². The van der Waals surface area contributed by atoms with E-state index in [0.717, 1.165) is 36.1 Å². The normalized spacial score (nSPS) is 12.5. The molecule has 12 heteroatoms. The van der Waals surface area contributed by atoms with Crippen LogP contribution >= 0.6 is 11.6 Å². The molecule has 3 rings (SSSR count). The van der Waals surface area contributed by atoms with Crippen molar-refractivity contribution in [2.45, 2.75) is 64.2 Å². The van der Waals surface area contributed by atoms with E-state index in [2.05, 4.69) is 5.32 Å². The molecule has 0 heterocycles. The number of nitrogens with zero attached hydrogens (tertiary/aromatic N) is 2. The average Bonchev–Trinajstić information content (AvgIpc) is 2.94. The van der Waals surface area contributed by atoms with Crippen molar-refractivity contribution in [2.75, 3.05) is 17.4 Å². The molecule has 0 aliphatic heterocycles. The SMILES string of the molecule is CCCCNC(=O)C(C)N(Cc1cccc(C)c1)C(=O)CN(c1ccc(Cl)c(C(F)(F)F)c1)S(=O)(=O)c1ccc(C)cc1. The van der Waals surface area contributed by atoms with Crippen LogP contribution in [0, 0.1) is 13.8 Å². The highest BCUT2D eigenvalue weighted by molar-refractivity contribution is 7.92. The van der Waals surface area contributed by atoms with Crippen LogP contribution in [0.15, 0.2) is 71.6 Å². The maximum Gasteiger partial charge on any atom is 0.417 e. The zero-order chi connectivity index (χ0) is 31.9. The van der Waals surface area contributed by atoms with Crippen molar-refractivity contribution in [1.29, 1.82) is 0 Å². The summed E-state index contributed by atoms with van der Waals surface area (Å²) in [5.41, 5.74) is 0.721. The van der Waals surface area contributed by atoms with Crippen molar-refractivity contribution in [3.63, 3.8) is 0 Å². The number of hydrogen-bond donors (Lipinski definition) is 1. The first-order valence-corrected chi connectivity index (χ1v) is 15.6. The van der Waals surface area contributed by atoms with E-state index in [4.69, 9.17) is 11.6 Å². The van der Waals surface area contributed by atoms with Crippen LogP contribution in [0.2, 0.25) is 5.02 Å². The molecule has 1 unspecified atom stereocenters. The van der Waals surface area contributed by atoms with E-state index >= 15 is 0 Å². The summed E-state index contributed by atoms with van der Waals surface area (Å²) in [6.45, 7) is 6.60. The monoisotopic (exact) mass is 637 g/mol. The molecular weight excluding hydrogens is 603 g/mol. The number of hydrogen-bond acceptors (Lipinski definition) is 4. The summed E-state index contributed by atoms with van der Waals surface area (Å²) in [7, 11) is -4.54. The highest BCUT2D eigenvalue weighted by Gasteiger charge is 2.37. The van der Waals surface area contributed by atoms with Gasteiger partial charge in [0.25, 0.3) is 10.0 Å². The quantitative estimate of drug-likeness (QED) is 0.230. The number of halogens is 4. The lowest BCUT2D eigenvalue weighted by molar-refractivity contribution is -0.139. The van der Waals surface area contributed by atoms with Gasteiger partial charge >= 0.3 is 6.18 Å². The second-order valence-corrected chi connectivity index (χ2v) is 12.6. The molecule has 3 aromatic carbocycles. The van der Waals surface area contributed by atoms with Gasteiger partial charge in [0.15, 0.2) is 0 Å². The van der Waals surface area contributed by atoms with Gasteiger partial charge in [-0.25, -0.2) is 8.42 Å². The summed E-state index contributed by atoms with van der Waals surface area (Å²) in [6.07, 6.45) is -3.31. The van der Waals surface area contributed by atoms with Gasteiger partial charge in [0.05, 0.1) is 21.2 Å². The van der Waals surface area contributed by atoms with Crippen molar-refractivity contribution < 1.29 is 31.2 Å². The summed E-state index contributed by atoms with van der Waals surface area (Å²) in [5.74, 6) is -1.22. The molecule has 232 valence electrons. The Morgan fingerprint density at radius 3 is 2.26 bits per heavy atom. The third kappa shape index (κ3) is 8.73. The average molecular weight is 638 g/mol. The van der Waals surface area contributed by atoms with E-state index in [9.17, 15) is 31.2 Å². The molecule has 1 N–H and O–H groups in total. The number of carbonyl (C=O) groups excluding carboxylic acids is 2. The van der Waals surface area contributed by atoms with Gasteiger partial charge in [-0.15, -0.1) is 0 Å². The Hall–Kier alpha value is -3.57. The number of nitrogens with one attached hydrogen (secondary N) is 1. The van der Waals surface area contributed by atoms with E-state index in [-0.39, 0.29) is 11.4 Å². The minimum atomic E-state index is -4.88. The molecule has 0 fully saturated rings. The van der Waals surface area contributed by atoms with E-state index in [1.807, 2.05) is 26.0 Å². The first-order chi connectivity index (χ1) is 20.1. The number of anilines is 1. The molecule has 0 aliphatic carbocycles. The summed E-state index contributed by atoms with van der Waals surface area (Å²) >= 11 is 5.81. The number of aryl methyl sites for hydroxylation is 2. The molecule has 2 amide bonds. The zero-order valence-electron chi connectivity index (χ0n) is 24.4. The number of sulfonamides is 1. The third-order valence-electron chi connectivity index (χ3n) is 6.86. The number of amides is 2. The van der Waals surface area contributed by atoms with E-state index in [0.29, 0.717) is 22.5 Å². The van der Waals surface area contributed by atoms with Crippen LogP contribution in [0.4, 0.5) is 18.9 Å². The van der Waals surface area contributed by atoms with Crippen molar-refractivity contribution in [3.05, 3.63) is 94.0 Å². The van der Waals surface area contributed by atoms with Crippen LogP contribution in [0.3, 0.4) is 0 Å². The van der Waals surface area contributed by atoms with Gasteiger partial charge in [-0.3, -0.25) is 13.9 Å². The number of rotatable bonds is 12. The van der Waals surface area contributed by atoms with Gasteiger partial charge in [-0.1, -0.05) is 72.5 Å². The fourth-order valence-corrected chi connectivity index (χ4v) is 6.01. The molecule has 0 radical (unpaired) electrons. The third-order valence-corrected chi connectivity index (χ3v) is 8.98. The minimum Gasteiger partial charge on any atom is -0.354 e. The van der Waals surface area contributed by atoms with Gasteiger partial charge in [-0.05, 0) is 63.1 Å². The maximum absolute atomic E-state index is 14.0. The Morgan fingerprint density at radius 2 is 1.65 bits per heavy atom. The molecule has 0 saturated heterocycles. The Balaban J connectivity index is 2.10. The number of benzene rings is 3. The smallest absolute Gasteiger partial charge is 0.354 e. The predicted octanol–water partition coefficient (Wildman–Crippen LogP) is 6.50. The zero-order valence-corrected chi connectivity index (χ0v) is 26.0. The molecular formula is C31H35ClF3N3O4S. The molecule has 3 aromatic rings. The van der Waals surface area contributed by atoms with Crippen molar-refractivity contribution in [2.24, 2.45) is 0 Å². The number of carbonyl (C=O) groups is 2. The lowest BCUT2D eigenvalue weighted by atomic mass is 10.1. The highest BCUT2D eigenvalue weighted by atomic mass is 35.5. The standard InChI is InChI=1S/C31H35ClF3N3O4S/c1-5-6-16-36-30(40)23(4)37(19-24-9-7-8-22(3)17-24)29(39)20-38(43(41,42)26-13-10-21(2)11-14-26)25-12-15-28(32)27(18-25)31(33,34)35/h7-15,17-18,23H,5-6,16,19-20H2,1-4H3,(H,36,40). The lowest BCUT2D eigenvalue weighted by Gasteiger charge is -2.32. The van der Waals surface area contributed by atoms with Crippen LogP contribution in [0.25, 0.3) is 0 Å². The largest absolute Gasteiger partial charge is 0.417 e. The molecule has 7 nitrogen and oxygen atoms in total. The van der Waals surface area contributed by atoms with Gasteiger partial charge < -0.3 is 10.2 Å². The summed E-state index contributed by atoms with van der Waals surface area (Å²) in [5, 5.41) is 2.17. The number of unbranched alkanes of at least 4 members (excludes halogenated alkanes) is 1. The summed E-state index contributed by atoms with van der Waals surface area (Å²) in [4.78, 5) is 28.0. The molecule has 0 aliphatic rings. The van der Waals surface area contributed by atoms with E-state index in [1.165, 1.54) is 24.0 Å². The van der Waals surface area contributed by atoms with Crippen molar-refractivity contribution in [1.82, 2.24) is 10.2 Å². The van der Waals surface area contributed by atoms with Crippen molar-refractivity contribution >= 4 is 39.1 Å². The first kappa shape index (κ1) is 33.9. The van der Waals surface area contributed by atoms with Crippen LogP contribution in [-0.4, -0.2) is 44.3 Å². The maximum atomic E-state index is 14.0. The second kappa shape index (κ2) is 14.3. The van der Waals surface area contributed by atoms with E-state index < -0.39 is 56.9 Å². The van der Waals surface area contributed by atoms with Gasteiger partial charge in [-0.2, -0.15) is 13.2 Å². The Morgan fingerprint density at radius 1 is 0.977 bits per heavy atom. The topological polar surface area (TPSA) is 86.8 Å². The van der Waals surface area contributed by atoms with E-state index in [1.54, 1.807) is 31.2 Å². The molecule has 0 spiro atoms.